The van der Waals surface area contributed by atoms with E-state index in [4.69, 9.17) is 9.73 Å². The Morgan fingerprint density at radius 2 is 1.76 bits per heavy atom. The van der Waals surface area contributed by atoms with Gasteiger partial charge in [0.25, 0.3) is 0 Å². The number of hydrogen-bond donors (Lipinski definition) is 0. The van der Waals surface area contributed by atoms with Crippen LogP contribution in [0.4, 0.5) is 10.1 Å². The normalized spacial score (nSPS) is 11.3. The summed E-state index contributed by atoms with van der Waals surface area (Å²) < 4.78 is 19.6. The van der Waals surface area contributed by atoms with Gasteiger partial charge in [0.15, 0.2) is 0 Å². The summed E-state index contributed by atoms with van der Waals surface area (Å²) >= 11 is 0. The zero-order valence-electron chi connectivity index (χ0n) is 16.5. The predicted molar refractivity (Wildman–Crippen MR) is 118 cm³/mol. The quantitative estimate of drug-likeness (QED) is 0.343. The molecule has 0 heterocycles. The number of benzene rings is 4. The number of rotatable bonds is 5. The summed E-state index contributed by atoms with van der Waals surface area (Å²) in [5.41, 5.74) is 4.93. The summed E-state index contributed by atoms with van der Waals surface area (Å²) in [7, 11) is 0. The summed E-state index contributed by atoms with van der Waals surface area (Å²) in [5, 5.41) is 2.19. The van der Waals surface area contributed by atoms with Gasteiger partial charge in [-0.1, -0.05) is 54.6 Å². The van der Waals surface area contributed by atoms with Gasteiger partial charge >= 0.3 is 0 Å². The Kier molecular flexibility index (Phi) is 5.39. The lowest BCUT2D eigenvalue weighted by Gasteiger charge is -2.12. The molecule has 0 N–H and O–H groups in total. The summed E-state index contributed by atoms with van der Waals surface area (Å²) in [6, 6.07) is 24.8. The molecular weight excluding hydrogens is 361 g/mol. The number of fused-ring (bicyclic) bond motifs is 1. The molecule has 0 amide bonds. The minimum Gasteiger partial charge on any atom is -0.488 e. The molecule has 0 atom stereocenters. The molecule has 0 fully saturated rings. The van der Waals surface area contributed by atoms with Crippen molar-refractivity contribution in [2.45, 2.75) is 20.5 Å². The SMILES string of the molecule is Cc1ccc(C)c(N=Cc2c(OCc3cccc(F)c3)ccc3ccccc23)c1. The molecule has 0 aliphatic carbocycles. The molecule has 2 nitrogen and oxygen atoms in total. The van der Waals surface area contributed by atoms with E-state index in [1.54, 1.807) is 6.07 Å². The third-order valence-corrected chi connectivity index (χ3v) is 4.91. The van der Waals surface area contributed by atoms with Crippen molar-refractivity contribution < 1.29 is 9.13 Å². The molecule has 3 heteroatoms. The minimum atomic E-state index is -0.263. The largest absolute Gasteiger partial charge is 0.488 e. The second kappa shape index (κ2) is 8.27. The average Bonchev–Trinajstić information content (AvgIpc) is 2.73. The fraction of sp³-hybridized carbons (Fsp3) is 0.115. The van der Waals surface area contributed by atoms with E-state index in [-0.39, 0.29) is 5.82 Å². The first-order valence-electron chi connectivity index (χ1n) is 9.60. The van der Waals surface area contributed by atoms with E-state index in [0.29, 0.717) is 6.61 Å². The number of nitrogens with zero attached hydrogens (tertiary/aromatic N) is 1. The molecule has 0 aromatic heterocycles. The van der Waals surface area contributed by atoms with Gasteiger partial charge in [0.1, 0.15) is 18.2 Å². The number of aryl methyl sites for hydroxylation is 2. The third-order valence-electron chi connectivity index (χ3n) is 4.91. The van der Waals surface area contributed by atoms with Crippen molar-refractivity contribution >= 4 is 22.7 Å². The van der Waals surface area contributed by atoms with E-state index < -0.39 is 0 Å². The number of hydrogen-bond acceptors (Lipinski definition) is 2. The molecule has 0 saturated carbocycles. The second-order valence-electron chi connectivity index (χ2n) is 7.17. The maximum absolute atomic E-state index is 13.5. The molecule has 144 valence electrons. The standard InChI is InChI=1S/C26H22FNO/c1-18-10-11-19(2)25(14-18)28-16-24-23-9-4-3-7-21(23)12-13-26(24)29-17-20-6-5-8-22(27)15-20/h3-16H,17H2,1-2H3. The highest BCUT2D eigenvalue weighted by atomic mass is 19.1. The molecule has 29 heavy (non-hydrogen) atoms. The van der Waals surface area contributed by atoms with E-state index in [1.165, 1.54) is 17.7 Å². The van der Waals surface area contributed by atoms with Crippen LogP contribution in [0, 0.1) is 19.7 Å². The van der Waals surface area contributed by atoms with Crippen molar-refractivity contribution in [1.82, 2.24) is 0 Å². The van der Waals surface area contributed by atoms with Crippen LogP contribution in [0.3, 0.4) is 0 Å². The van der Waals surface area contributed by atoms with E-state index in [9.17, 15) is 4.39 Å². The Bertz CT molecular complexity index is 1200. The topological polar surface area (TPSA) is 21.6 Å². The van der Waals surface area contributed by atoms with Crippen molar-refractivity contribution in [1.29, 1.82) is 0 Å². The van der Waals surface area contributed by atoms with Gasteiger partial charge in [0.2, 0.25) is 0 Å². The molecule has 4 rings (SSSR count). The number of aliphatic imine (C=N–C) groups is 1. The molecule has 0 spiro atoms. The molecule has 4 aromatic carbocycles. The maximum atomic E-state index is 13.5. The lowest BCUT2D eigenvalue weighted by atomic mass is 10.0. The van der Waals surface area contributed by atoms with Gasteiger partial charge in [-0.15, -0.1) is 0 Å². The van der Waals surface area contributed by atoms with Gasteiger partial charge in [0, 0.05) is 11.8 Å². The zero-order chi connectivity index (χ0) is 20.2. The Balaban J connectivity index is 1.72. The summed E-state index contributed by atoms with van der Waals surface area (Å²) in [5.74, 6) is 0.461. The monoisotopic (exact) mass is 383 g/mol. The lowest BCUT2D eigenvalue weighted by molar-refractivity contribution is 0.305. The first-order chi connectivity index (χ1) is 14.1. The zero-order valence-corrected chi connectivity index (χ0v) is 16.5. The van der Waals surface area contributed by atoms with Gasteiger partial charge < -0.3 is 4.74 Å². The van der Waals surface area contributed by atoms with Gasteiger partial charge in [-0.2, -0.15) is 0 Å². The van der Waals surface area contributed by atoms with Crippen LogP contribution in [0.2, 0.25) is 0 Å². The maximum Gasteiger partial charge on any atom is 0.129 e. The first-order valence-corrected chi connectivity index (χ1v) is 9.60. The lowest BCUT2D eigenvalue weighted by Crippen LogP contribution is -1.99. The third kappa shape index (κ3) is 4.35. The summed E-state index contributed by atoms with van der Waals surface area (Å²) in [4.78, 5) is 4.75. The fourth-order valence-corrected chi connectivity index (χ4v) is 3.32. The van der Waals surface area contributed by atoms with Crippen molar-refractivity contribution in [2.24, 2.45) is 4.99 Å². The smallest absolute Gasteiger partial charge is 0.129 e. The van der Waals surface area contributed by atoms with Crippen LogP contribution in [0.25, 0.3) is 10.8 Å². The molecule has 0 aliphatic heterocycles. The van der Waals surface area contributed by atoms with E-state index in [1.807, 2.05) is 36.5 Å². The Morgan fingerprint density at radius 3 is 2.62 bits per heavy atom. The van der Waals surface area contributed by atoms with Crippen LogP contribution >= 0.6 is 0 Å². The van der Waals surface area contributed by atoms with E-state index in [0.717, 1.165) is 38.9 Å². The van der Waals surface area contributed by atoms with Crippen LogP contribution in [-0.2, 0) is 6.61 Å². The molecule has 0 radical (unpaired) electrons. The van der Waals surface area contributed by atoms with E-state index >= 15 is 0 Å². The Hall–Kier alpha value is -3.46. The van der Waals surface area contributed by atoms with Crippen molar-refractivity contribution in [3.8, 4) is 5.75 Å². The molecule has 4 aromatic rings. The number of halogens is 1. The van der Waals surface area contributed by atoms with Crippen molar-refractivity contribution in [2.75, 3.05) is 0 Å². The number of ether oxygens (including phenoxy) is 1. The highest BCUT2D eigenvalue weighted by Gasteiger charge is 2.08. The van der Waals surface area contributed by atoms with Gasteiger partial charge in [-0.25, -0.2) is 4.39 Å². The van der Waals surface area contributed by atoms with E-state index in [2.05, 4.69) is 44.2 Å². The average molecular weight is 383 g/mol. The summed E-state index contributed by atoms with van der Waals surface area (Å²) in [6.07, 6.45) is 1.87. The second-order valence-corrected chi connectivity index (χ2v) is 7.17. The first kappa shape index (κ1) is 18.9. The van der Waals surface area contributed by atoms with Crippen LogP contribution in [0.1, 0.15) is 22.3 Å². The van der Waals surface area contributed by atoms with Gasteiger partial charge in [0.05, 0.1) is 5.69 Å². The van der Waals surface area contributed by atoms with Crippen LogP contribution in [-0.4, -0.2) is 6.21 Å². The summed E-state index contributed by atoms with van der Waals surface area (Å²) in [6.45, 7) is 4.40. The van der Waals surface area contributed by atoms with Crippen molar-refractivity contribution in [3.63, 3.8) is 0 Å². The fourth-order valence-electron chi connectivity index (χ4n) is 3.32. The van der Waals surface area contributed by atoms with Crippen LogP contribution in [0.5, 0.6) is 5.75 Å². The van der Waals surface area contributed by atoms with Gasteiger partial charge in [-0.05, 0) is 65.6 Å². The highest BCUT2D eigenvalue weighted by Crippen LogP contribution is 2.29. The van der Waals surface area contributed by atoms with Crippen LogP contribution in [0.15, 0.2) is 83.9 Å². The highest BCUT2D eigenvalue weighted by molar-refractivity contribution is 6.03. The van der Waals surface area contributed by atoms with Gasteiger partial charge in [-0.3, -0.25) is 4.99 Å². The van der Waals surface area contributed by atoms with Crippen LogP contribution < -0.4 is 4.74 Å². The van der Waals surface area contributed by atoms with Crippen molar-refractivity contribution in [3.05, 3.63) is 107 Å². The molecule has 0 saturated heterocycles. The minimum absolute atomic E-state index is 0.263. The Labute approximate surface area is 170 Å². The predicted octanol–water partition coefficient (Wildman–Crippen LogP) is 6.93. The molecule has 0 unspecified atom stereocenters. The Morgan fingerprint density at radius 1 is 0.897 bits per heavy atom. The molecule has 0 aliphatic rings. The molecule has 0 bridgehead atoms. The molecular formula is C26H22FNO.